The quantitative estimate of drug-likeness (QED) is 0.164. The molecule has 270 valence electrons. The predicted octanol–water partition coefficient (Wildman–Crippen LogP) is 14.6. The summed E-state index contributed by atoms with van der Waals surface area (Å²) in [6, 6.07) is 65.1. The van der Waals surface area contributed by atoms with E-state index in [1.54, 1.807) is 0 Å². The maximum atomic E-state index is 6.61. The zero-order chi connectivity index (χ0) is 37.7. The van der Waals surface area contributed by atoms with Crippen LogP contribution in [0.1, 0.15) is 12.5 Å². The number of benzene rings is 8. The summed E-state index contributed by atoms with van der Waals surface area (Å²) in [5.74, 6) is 0.622. The maximum Gasteiger partial charge on any atom is 0.227 e. The van der Waals surface area contributed by atoms with Crippen LogP contribution < -0.4 is 4.90 Å². The molecule has 1 atom stereocenters. The van der Waals surface area contributed by atoms with Gasteiger partial charge >= 0.3 is 0 Å². The Morgan fingerprint density at radius 1 is 0.509 bits per heavy atom. The van der Waals surface area contributed by atoms with E-state index in [1.165, 1.54) is 32.9 Å². The summed E-state index contributed by atoms with van der Waals surface area (Å²) < 4.78 is 9.11. The molecule has 0 amide bonds. The van der Waals surface area contributed by atoms with E-state index < -0.39 is 0 Å². The van der Waals surface area contributed by atoms with Gasteiger partial charge in [0.25, 0.3) is 0 Å². The third-order valence-corrected chi connectivity index (χ3v) is 11.3. The molecule has 1 aliphatic rings. The Kier molecular flexibility index (Phi) is 7.92. The SMILES string of the molecule is C1=CCC(n2c3ccccc3c3cc(N(c4ccc(-c5cc6ccccc6c6nc(-c7ccccc7)oc56)cc4)c4cccc(-c5ccccc5)c4)ccc32)C=C1. The van der Waals surface area contributed by atoms with E-state index in [2.05, 4.69) is 185 Å². The third kappa shape index (κ3) is 5.73. The second kappa shape index (κ2) is 13.7. The van der Waals surface area contributed by atoms with Crippen LogP contribution in [0.25, 0.3) is 77.4 Å². The highest BCUT2D eigenvalue weighted by atomic mass is 16.3. The highest BCUT2D eigenvalue weighted by molar-refractivity contribution is 6.11. The molecule has 2 aromatic heterocycles. The summed E-state index contributed by atoms with van der Waals surface area (Å²) >= 11 is 0. The van der Waals surface area contributed by atoms with Crippen LogP contribution >= 0.6 is 0 Å². The fourth-order valence-electron chi connectivity index (χ4n) is 8.60. The third-order valence-electron chi connectivity index (χ3n) is 11.3. The van der Waals surface area contributed by atoms with Crippen LogP contribution in [0, 0.1) is 0 Å². The van der Waals surface area contributed by atoms with Crippen LogP contribution in [0.4, 0.5) is 17.1 Å². The minimum Gasteiger partial charge on any atom is -0.435 e. The minimum atomic E-state index is 0.268. The molecule has 10 aromatic rings. The lowest BCUT2D eigenvalue weighted by Crippen LogP contribution is -2.10. The predicted molar refractivity (Wildman–Crippen MR) is 237 cm³/mol. The summed E-state index contributed by atoms with van der Waals surface area (Å²) in [6.45, 7) is 0. The molecule has 0 saturated carbocycles. The molecule has 1 aliphatic carbocycles. The van der Waals surface area contributed by atoms with Crippen molar-refractivity contribution in [2.24, 2.45) is 0 Å². The van der Waals surface area contributed by atoms with Gasteiger partial charge in [0.2, 0.25) is 5.89 Å². The lowest BCUT2D eigenvalue weighted by atomic mass is 9.99. The minimum absolute atomic E-state index is 0.268. The summed E-state index contributed by atoms with van der Waals surface area (Å²) in [5, 5.41) is 4.71. The van der Waals surface area contributed by atoms with Crippen molar-refractivity contribution in [2.45, 2.75) is 12.5 Å². The molecule has 0 bridgehead atoms. The maximum absolute atomic E-state index is 6.61. The summed E-state index contributed by atoms with van der Waals surface area (Å²) in [4.78, 5) is 7.43. The molecule has 57 heavy (non-hydrogen) atoms. The molecule has 4 nitrogen and oxygen atoms in total. The summed E-state index contributed by atoms with van der Waals surface area (Å²) in [5.41, 5.74) is 12.8. The Morgan fingerprint density at radius 2 is 1.19 bits per heavy atom. The largest absolute Gasteiger partial charge is 0.435 e. The van der Waals surface area contributed by atoms with Crippen LogP contribution in [0.15, 0.2) is 211 Å². The van der Waals surface area contributed by atoms with Crippen molar-refractivity contribution in [1.82, 2.24) is 9.55 Å². The average molecular weight is 732 g/mol. The van der Waals surface area contributed by atoms with Crippen molar-refractivity contribution in [3.05, 3.63) is 206 Å². The molecule has 0 aliphatic heterocycles. The molecule has 0 fully saturated rings. The van der Waals surface area contributed by atoms with Crippen molar-refractivity contribution < 1.29 is 4.42 Å². The first-order valence-electron chi connectivity index (χ1n) is 19.6. The lowest BCUT2D eigenvalue weighted by Gasteiger charge is -2.26. The molecule has 11 rings (SSSR count). The summed E-state index contributed by atoms with van der Waals surface area (Å²) in [6.07, 6.45) is 9.86. The number of hydrogen-bond donors (Lipinski definition) is 0. The van der Waals surface area contributed by atoms with E-state index in [-0.39, 0.29) is 6.04 Å². The van der Waals surface area contributed by atoms with Gasteiger partial charge in [0.1, 0.15) is 5.52 Å². The Morgan fingerprint density at radius 3 is 2.00 bits per heavy atom. The number of fused-ring (bicyclic) bond motifs is 6. The van der Waals surface area contributed by atoms with Gasteiger partial charge in [-0.25, -0.2) is 4.98 Å². The number of aromatic nitrogens is 2. The molecule has 0 spiro atoms. The first-order valence-corrected chi connectivity index (χ1v) is 19.6. The van der Waals surface area contributed by atoms with Gasteiger partial charge in [-0.05, 0) is 95.2 Å². The van der Waals surface area contributed by atoms with E-state index in [9.17, 15) is 0 Å². The molecular formula is C53H37N3O. The Bertz CT molecular complexity index is 3150. The first kappa shape index (κ1) is 33.0. The monoisotopic (exact) mass is 731 g/mol. The van der Waals surface area contributed by atoms with E-state index in [4.69, 9.17) is 9.40 Å². The molecule has 1 unspecified atom stereocenters. The summed E-state index contributed by atoms with van der Waals surface area (Å²) in [7, 11) is 0. The van der Waals surface area contributed by atoms with Crippen LogP contribution in [0.2, 0.25) is 0 Å². The van der Waals surface area contributed by atoms with E-state index in [0.717, 1.165) is 62.0 Å². The smallest absolute Gasteiger partial charge is 0.227 e. The topological polar surface area (TPSA) is 34.2 Å². The number of hydrogen-bond acceptors (Lipinski definition) is 3. The van der Waals surface area contributed by atoms with Crippen molar-refractivity contribution >= 4 is 60.7 Å². The van der Waals surface area contributed by atoms with E-state index in [1.807, 2.05) is 30.3 Å². The zero-order valence-electron chi connectivity index (χ0n) is 31.2. The number of anilines is 3. The number of nitrogens with zero attached hydrogens (tertiary/aromatic N) is 3. The molecule has 0 N–H and O–H groups in total. The molecule has 0 radical (unpaired) electrons. The van der Waals surface area contributed by atoms with Crippen LogP contribution in [-0.2, 0) is 0 Å². The molecule has 4 heteroatoms. The number of allylic oxidation sites excluding steroid dienone is 4. The normalized spacial score (nSPS) is 13.9. The van der Waals surface area contributed by atoms with Gasteiger partial charge in [-0.3, -0.25) is 0 Å². The second-order valence-electron chi connectivity index (χ2n) is 14.7. The lowest BCUT2D eigenvalue weighted by molar-refractivity contribution is 0.621. The zero-order valence-corrected chi connectivity index (χ0v) is 31.2. The highest BCUT2D eigenvalue weighted by Crippen LogP contribution is 2.43. The van der Waals surface area contributed by atoms with Gasteiger partial charge in [0.15, 0.2) is 5.58 Å². The second-order valence-corrected chi connectivity index (χ2v) is 14.7. The average Bonchev–Trinajstić information content (AvgIpc) is 3.88. The first-order chi connectivity index (χ1) is 28.3. The van der Waals surface area contributed by atoms with Crippen LogP contribution in [0.5, 0.6) is 0 Å². The fraction of sp³-hybridized carbons (Fsp3) is 0.0377. The van der Waals surface area contributed by atoms with Crippen molar-refractivity contribution in [1.29, 1.82) is 0 Å². The fourth-order valence-corrected chi connectivity index (χ4v) is 8.60. The Balaban J connectivity index is 1.07. The number of oxazole rings is 1. The van der Waals surface area contributed by atoms with Gasteiger partial charge in [-0.2, -0.15) is 0 Å². The molecular weight excluding hydrogens is 695 g/mol. The Labute approximate surface area is 330 Å². The van der Waals surface area contributed by atoms with Gasteiger partial charge in [0.05, 0.1) is 6.04 Å². The van der Waals surface area contributed by atoms with Crippen molar-refractivity contribution in [2.75, 3.05) is 4.90 Å². The van der Waals surface area contributed by atoms with Crippen LogP contribution in [-0.4, -0.2) is 9.55 Å². The van der Waals surface area contributed by atoms with E-state index >= 15 is 0 Å². The van der Waals surface area contributed by atoms with Gasteiger partial charge in [0, 0.05) is 55.4 Å². The van der Waals surface area contributed by atoms with Gasteiger partial charge in [-0.1, -0.05) is 140 Å². The van der Waals surface area contributed by atoms with E-state index in [0.29, 0.717) is 5.89 Å². The molecule has 2 heterocycles. The Hall–Kier alpha value is -7.43. The van der Waals surface area contributed by atoms with Gasteiger partial charge < -0.3 is 13.9 Å². The van der Waals surface area contributed by atoms with Crippen molar-refractivity contribution in [3.8, 4) is 33.7 Å². The van der Waals surface area contributed by atoms with Gasteiger partial charge in [-0.15, -0.1) is 0 Å². The van der Waals surface area contributed by atoms with Crippen molar-refractivity contribution in [3.63, 3.8) is 0 Å². The van der Waals surface area contributed by atoms with Crippen LogP contribution in [0.3, 0.4) is 0 Å². The number of rotatable bonds is 7. The molecule has 8 aromatic carbocycles. The highest BCUT2D eigenvalue weighted by Gasteiger charge is 2.21. The molecule has 0 saturated heterocycles. The number of para-hydroxylation sites is 1. The standard InChI is InChI=1S/C53H37N3O/c1-4-15-36(16-5-1)39-20-14-23-43(33-39)55(44-31-32-50-48(35-44)46-25-12-13-26-49(46)56(50)41-21-8-3-9-22-41)42-29-27-37(28-30-42)47-34-40-19-10-11-24-45(40)51-52(47)57-53(54-51)38-17-6-2-7-18-38/h1-21,23-35,41H,22H2.